The maximum absolute atomic E-state index is 12.6. The summed E-state index contributed by atoms with van der Waals surface area (Å²) >= 11 is 0. The van der Waals surface area contributed by atoms with Crippen molar-refractivity contribution in [1.29, 1.82) is 0 Å². The van der Waals surface area contributed by atoms with E-state index in [2.05, 4.69) is 22.8 Å². The van der Waals surface area contributed by atoms with Gasteiger partial charge in [0.1, 0.15) is 0 Å². The number of rotatable bonds is 4. The molecule has 0 atom stereocenters. The lowest BCUT2D eigenvalue weighted by atomic mass is 10.1. The van der Waals surface area contributed by atoms with Gasteiger partial charge in [0.2, 0.25) is 10.0 Å². The molecule has 0 saturated carbocycles. The highest BCUT2D eigenvalue weighted by Gasteiger charge is 2.28. The summed E-state index contributed by atoms with van der Waals surface area (Å²) in [4.78, 5) is 12.6. The first kappa shape index (κ1) is 18.0. The second kappa shape index (κ2) is 6.98. The van der Waals surface area contributed by atoms with Crippen molar-refractivity contribution < 1.29 is 13.2 Å². The standard InChI is InChI=1S/C20H23N3O3S/c1-14-9-18(23-7-2-8-27(23,25)26)5-6-19(14)20(24)22-11-15-3-4-16-12-21-13-17(16)10-15/h3-6,9-10,21H,2,7-8,11-13H2,1H3,(H,22,24). The number of fused-ring (bicyclic) bond motifs is 1. The molecular formula is C20H23N3O3S. The minimum atomic E-state index is -3.21. The van der Waals surface area contributed by atoms with Crippen LogP contribution in [-0.2, 0) is 29.7 Å². The number of sulfonamides is 1. The fourth-order valence-corrected chi connectivity index (χ4v) is 5.28. The summed E-state index contributed by atoms with van der Waals surface area (Å²) in [6, 6.07) is 11.5. The van der Waals surface area contributed by atoms with Gasteiger partial charge in [0.15, 0.2) is 0 Å². The Balaban J connectivity index is 1.46. The zero-order chi connectivity index (χ0) is 19.0. The summed E-state index contributed by atoms with van der Waals surface area (Å²) in [6.45, 7) is 4.58. The Labute approximate surface area is 159 Å². The summed E-state index contributed by atoms with van der Waals surface area (Å²) in [5, 5.41) is 6.27. The molecule has 4 rings (SSSR count). The highest BCUT2D eigenvalue weighted by atomic mass is 32.2. The van der Waals surface area contributed by atoms with Gasteiger partial charge in [-0.05, 0) is 53.8 Å². The Hall–Kier alpha value is -2.38. The normalized spacial score (nSPS) is 17.7. The molecule has 2 aromatic carbocycles. The summed E-state index contributed by atoms with van der Waals surface area (Å²) in [7, 11) is -3.21. The summed E-state index contributed by atoms with van der Waals surface area (Å²) in [5.41, 5.74) is 5.64. The first-order chi connectivity index (χ1) is 12.9. The minimum absolute atomic E-state index is 0.151. The quantitative estimate of drug-likeness (QED) is 0.845. The van der Waals surface area contributed by atoms with E-state index in [9.17, 15) is 13.2 Å². The molecule has 0 radical (unpaired) electrons. The number of hydrogen-bond acceptors (Lipinski definition) is 4. The van der Waals surface area contributed by atoms with E-state index in [1.165, 1.54) is 15.4 Å². The molecule has 2 aliphatic heterocycles. The maximum atomic E-state index is 12.6. The van der Waals surface area contributed by atoms with Crippen molar-refractivity contribution in [2.45, 2.75) is 33.0 Å². The van der Waals surface area contributed by atoms with E-state index in [4.69, 9.17) is 0 Å². The molecule has 27 heavy (non-hydrogen) atoms. The van der Waals surface area contributed by atoms with Crippen LogP contribution in [0.1, 0.15) is 39.0 Å². The van der Waals surface area contributed by atoms with E-state index >= 15 is 0 Å². The van der Waals surface area contributed by atoms with Crippen LogP contribution in [0.5, 0.6) is 0 Å². The Bertz CT molecular complexity index is 1000. The van der Waals surface area contributed by atoms with Gasteiger partial charge >= 0.3 is 0 Å². The molecule has 0 aliphatic carbocycles. The number of amides is 1. The number of benzene rings is 2. The van der Waals surface area contributed by atoms with Gasteiger partial charge in [-0.25, -0.2) is 8.42 Å². The second-order valence-electron chi connectivity index (χ2n) is 7.13. The molecular weight excluding hydrogens is 362 g/mol. The third-order valence-corrected chi connectivity index (χ3v) is 7.07. The van der Waals surface area contributed by atoms with Crippen LogP contribution in [0.15, 0.2) is 36.4 Å². The van der Waals surface area contributed by atoms with Crippen LogP contribution in [0.4, 0.5) is 5.69 Å². The van der Waals surface area contributed by atoms with Gasteiger partial charge in [-0.1, -0.05) is 18.2 Å². The Morgan fingerprint density at radius 1 is 1.15 bits per heavy atom. The van der Waals surface area contributed by atoms with Gasteiger partial charge in [-0.2, -0.15) is 0 Å². The zero-order valence-electron chi connectivity index (χ0n) is 15.3. The van der Waals surface area contributed by atoms with E-state index in [1.54, 1.807) is 18.2 Å². The second-order valence-corrected chi connectivity index (χ2v) is 9.14. The van der Waals surface area contributed by atoms with Crippen molar-refractivity contribution in [2.24, 2.45) is 0 Å². The van der Waals surface area contributed by atoms with Crippen LogP contribution < -0.4 is 14.9 Å². The highest BCUT2D eigenvalue weighted by Crippen LogP contribution is 2.26. The number of nitrogens with one attached hydrogen (secondary N) is 2. The van der Waals surface area contributed by atoms with Crippen LogP contribution >= 0.6 is 0 Å². The maximum Gasteiger partial charge on any atom is 0.251 e. The summed E-state index contributed by atoms with van der Waals surface area (Å²) in [5.74, 6) is 0.0341. The Morgan fingerprint density at radius 3 is 2.70 bits per heavy atom. The van der Waals surface area contributed by atoms with Crippen LogP contribution in [-0.4, -0.2) is 26.6 Å². The van der Waals surface area contributed by atoms with Crippen LogP contribution in [0.2, 0.25) is 0 Å². The van der Waals surface area contributed by atoms with Gasteiger partial charge in [0.25, 0.3) is 5.91 Å². The third kappa shape index (κ3) is 3.57. The minimum Gasteiger partial charge on any atom is -0.348 e. The molecule has 0 spiro atoms. The van der Waals surface area contributed by atoms with Crippen LogP contribution in [0, 0.1) is 6.92 Å². The lowest BCUT2D eigenvalue weighted by Gasteiger charge is -2.18. The molecule has 1 fully saturated rings. The summed E-state index contributed by atoms with van der Waals surface area (Å²) < 4.78 is 25.6. The van der Waals surface area contributed by atoms with Crippen molar-refractivity contribution in [1.82, 2.24) is 10.6 Å². The van der Waals surface area contributed by atoms with E-state index in [0.717, 1.165) is 24.2 Å². The Morgan fingerprint density at radius 2 is 1.96 bits per heavy atom. The average Bonchev–Trinajstić information content (AvgIpc) is 3.24. The predicted octanol–water partition coefficient (Wildman–Crippen LogP) is 2.07. The van der Waals surface area contributed by atoms with Crippen LogP contribution in [0.3, 0.4) is 0 Å². The molecule has 2 heterocycles. The van der Waals surface area contributed by atoms with E-state index in [1.807, 2.05) is 13.0 Å². The number of anilines is 1. The average molecular weight is 385 g/mol. The molecule has 2 N–H and O–H groups in total. The summed E-state index contributed by atoms with van der Waals surface area (Å²) in [6.07, 6.45) is 0.639. The van der Waals surface area contributed by atoms with E-state index in [0.29, 0.717) is 30.8 Å². The first-order valence-corrected chi connectivity index (χ1v) is 10.8. The van der Waals surface area contributed by atoms with Gasteiger partial charge in [0.05, 0.1) is 11.4 Å². The number of carbonyl (C=O) groups excluding carboxylic acids is 1. The molecule has 6 nitrogen and oxygen atoms in total. The predicted molar refractivity (Wildman–Crippen MR) is 105 cm³/mol. The number of nitrogens with zero attached hydrogens (tertiary/aromatic N) is 1. The molecule has 0 unspecified atom stereocenters. The lowest BCUT2D eigenvalue weighted by Crippen LogP contribution is -2.26. The molecule has 7 heteroatoms. The van der Waals surface area contributed by atoms with Gasteiger partial charge in [-0.15, -0.1) is 0 Å². The molecule has 0 bridgehead atoms. The molecule has 0 aromatic heterocycles. The molecule has 142 valence electrons. The number of hydrogen-bond donors (Lipinski definition) is 2. The first-order valence-electron chi connectivity index (χ1n) is 9.15. The van der Waals surface area contributed by atoms with Gasteiger partial charge in [-0.3, -0.25) is 9.10 Å². The molecule has 2 aromatic rings. The van der Waals surface area contributed by atoms with Crippen molar-refractivity contribution >= 4 is 21.6 Å². The van der Waals surface area contributed by atoms with E-state index < -0.39 is 10.0 Å². The monoisotopic (exact) mass is 385 g/mol. The van der Waals surface area contributed by atoms with Crippen LogP contribution in [0.25, 0.3) is 0 Å². The molecule has 1 amide bonds. The van der Waals surface area contributed by atoms with Crippen molar-refractivity contribution in [2.75, 3.05) is 16.6 Å². The topological polar surface area (TPSA) is 78.5 Å². The number of aryl methyl sites for hydroxylation is 1. The van der Waals surface area contributed by atoms with Gasteiger partial charge in [0, 0.05) is 31.7 Å². The van der Waals surface area contributed by atoms with E-state index in [-0.39, 0.29) is 11.7 Å². The van der Waals surface area contributed by atoms with Crippen molar-refractivity contribution in [3.63, 3.8) is 0 Å². The SMILES string of the molecule is Cc1cc(N2CCCS2(=O)=O)ccc1C(=O)NCc1ccc2c(c1)CNC2. The Kier molecular flexibility index (Phi) is 4.65. The largest absolute Gasteiger partial charge is 0.348 e. The fourth-order valence-electron chi connectivity index (χ4n) is 3.72. The highest BCUT2D eigenvalue weighted by molar-refractivity contribution is 7.93. The molecule has 2 aliphatic rings. The smallest absolute Gasteiger partial charge is 0.251 e. The van der Waals surface area contributed by atoms with Gasteiger partial charge < -0.3 is 10.6 Å². The lowest BCUT2D eigenvalue weighted by molar-refractivity contribution is 0.0950. The number of carbonyl (C=O) groups is 1. The zero-order valence-corrected chi connectivity index (χ0v) is 16.1. The van der Waals surface area contributed by atoms with Crippen molar-refractivity contribution in [3.05, 3.63) is 64.2 Å². The fraction of sp³-hybridized carbons (Fsp3) is 0.350. The molecule has 1 saturated heterocycles. The third-order valence-electron chi connectivity index (χ3n) is 5.20. The van der Waals surface area contributed by atoms with Crippen molar-refractivity contribution in [3.8, 4) is 0 Å².